The fraction of sp³-hybridized carbons (Fsp3) is 0.538. The summed E-state index contributed by atoms with van der Waals surface area (Å²) < 4.78 is 5.58. The van der Waals surface area contributed by atoms with E-state index in [2.05, 4.69) is 12.1 Å². The number of ether oxygens (including phenoxy) is 1. The lowest BCUT2D eigenvalue weighted by atomic mass is 9.94. The number of likely N-dealkylation sites (tertiary alicyclic amines) is 1. The maximum atomic E-state index is 12.8. The number of rotatable bonds is 5. The van der Waals surface area contributed by atoms with Crippen LogP contribution < -0.4 is 4.90 Å². The Morgan fingerprint density at radius 2 is 1.88 bits per heavy atom. The summed E-state index contributed by atoms with van der Waals surface area (Å²) in [7, 11) is 0. The van der Waals surface area contributed by atoms with Crippen LogP contribution in [0.3, 0.4) is 0 Å². The topological polar surface area (TPSA) is 75.6 Å². The van der Waals surface area contributed by atoms with Gasteiger partial charge in [-0.1, -0.05) is 30.3 Å². The Labute approximate surface area is 195 Å². The minimum atomic E-state index is -0.257. The molecular weight excluding hydrogens is 416 g/mol. The number of aromatic nitrogens is 2. The van der Waals surface area contributed by atoms with E-state index in [9.17, 15) is 9.59 Å². The minimum absolute atomic E-state index is 0.131. The van der Waals surface area contributed by atoms with E-state index in [1.807, 2.05) is 34.9 Å². The van der Waals surface area contributed by atoms with Gasteiger partial charge in [0.05, 0.1) is 0 Å². The van der Waals surface area contributed by atoms with Gasteiger partial charge in [0.1, 0.15) is 17.7 Å². The van der Waals surface area contributed by atoms with E-state index < -0.39 is 0 Å². The number of benzene rings is 1. The van der Waals surface area contributed by atoms with Gasteiger partial charge in [-0.25, -0.2) is 9.97 Å². The van der Waals surface area contributed by atoms with Crippen molar-refractivity contribution in [1.82, 2.24) is 14.9 Å². The summed E-state index contributed by atoms with van der Waals surface area (Å²) in [4.78, 5) is 39.1. The predicted molar refractivity (Wildman–Crippen MR) is 125 cm³/mol. The summed E-state index contributed by atoms with van der Waals surface area (Å²) >= 11 is 0. The van der Waals surface area contributed by atoms with Crippen LogP contribution in [-0.4, -0.2) is 59.0 Å². The second kappa shape index (κ2) is 9.59. The first-order chi connectivity index (χ1) is 16.1. The molecule has 7 heteroatoms. The first kappa shape index (κ1) is 22.0. The molecule has 3 aliphatic heterocycles. The van der Waals surface area contributed by atoms with Gasteiger partial charge >= 0.3 is 0 Å². The molecule has 1 atom stereocenters. The molecule has 2 amide bonds. The molecule has 0 N–H and O–H groups in total. The Morgan fingerprint density at radius 3 is 2.61 bits per heavy atom. The molecule has 1 aromatic carbocycles. The first-order valence-corrected chi connectivity index (χ1v) is 12.2. The third-order valence-electron chi connectivity index (χ3n) is 7.20. The molecule has 0 bridgehead atoms. The Balaban J connectivity index is 1.31. The molecule has 2 aromatic rings. The summed E-state index contributed by atoms with van der Waals surface area (Å²) in [5.74, 6) is 2.08. The van der Waals surface area contributed by atoms with Crippen molar-refractivity contribution >= 4 is 17.6 Å². The summed E-state index contributed by atoms with van der Waals surface area (Å²) in [6, 6.07) is 10.3. The number of hydrogen-bond donors (Lipinski definition) is 0. The second-order valence-electron chi connectivity index (χ2n) is 9.35. The molecule has 2 fully saturated rings. The number of hydrogen-bond acceptors (Lipinski definition) is 5. The maximum Gasteiger partial charge on any atom is 0.251 e. The zero-order valence-corrected chi connectivity index (χ0v) is 19.3. The van der Waals surface area contributed by atoms with Crippen molar-refractivity contribution in [2.75, 3.05) is 31.1 Å². The Morgan fingerprint density at radius 1 is 1.09 bits per heavy atom. The van der Waals surface area contributed by atoms with E-state index in [0.29, 0.717) is 39.1 Å². The van der Waals surface area contributed by atoms with E-state index in [0.717, 1.165) is 55.0 Å². The Bertz CT molecular complexity index is 1010. The predicted octanol–water partition coefficient (Wildman–Crippen LogP) is 3.19. The van der Waals surface area contributed by atoms with Crippen LogP contribution >= 0.6 is 0 Å². The van der Waals surface area contributed by atoms with Crippen LogP contribution in [-0.2, 0) is 27.2 Å². The maximum absolute atomic E-state index is 12.8. The van der Waals surface area contributed by atoms with Crippen LogP contribution in [0.5, 0.6) is 0 Å². The highest BCUT2D eigenvalue weighted by Crippen LogP contribution is 2.33. The molecule has 3 aliphatic rings. The Hall–Kier alpha value is -2.80. The van der Waals surface area contributed by atoms with E-state index in [4.69, 9.17) is 14.7 Å². The number of fused-ring (bicyclic) bond motifs is 1. The van der Waals surface area contributed by atoms with Crippen molar-refractivity contribution < 1.29 is 14.3 Å². The molecule has 4 heterocycles. The molecule has 0 aliphatic carbocycles. The SMILES string of the molecule is Cc1nc(C2CCN(C(=O)[C@@H]3CCCO3)CC2)nc2c1CCC(=O)N2CCc1ccccc1. The normalized spacial score (nSPS) is 21.4. The Kier molecular flexibility index (Phi) is 6.40. The molecule has 2 saturated heterocycles. The van der Waals surface area contributed by atoms with Crippen LogP contribution in [0.2, 0.25) is 0 Å². The van der Waals surface area contributed by atoms with Gasteiger partial charge in [-0.05, 0) is 51.0 Å². The average molecular weight is 449 g/mol. The quantitative estimate of drug-likeness (QED) is 0.702. The fourth-order valence-corrected chi connectivity index (χ4v) is 5.24. The van der Waals surface area contributed by atoms with Gasteiger partial charge in [0.25, 0.3) is 5.91 Å². The molecular formula is C26H32N4O3. The van der Waals surface area contributed by atoms with Crippen molar-refractivity contribution in [3.8, 4) is 0 Å². The monoisotopic (exact) mass is 448 g/mol. The van der Waals surface area contributed by atoms with Crippen molar-refractivity contribution in [2.45, 2.75) is 63.9 Å². The lowest BCUT2D eigenvalue weighted by Crippen LogP contribution is -2.43. The van der Waals surface area contributed by atoms with Crippen LogP contribution in [0.15, 0.2) is 30.3 Å². The van der Waals surface area contributed by atoms with Crippen LogP contribution in [0, 0.1) is 6.92 Å². The van der Waals surface area contributed by atoms with Crippen LogP contribution in [0.4, 0.5) is 5.82 Å². The molecule has 0 saturated carbocycles. The lowest BCUT2D eigenvalue weighted by Gasteiger charge is -2.34. The van der Waals surface area contributed by atoms with Gasteiger partial charge in [-0.3, -0.25) is 14.5 Å². The molecule has 5 rings (SSSR count). The van der Waals surface area contributed by atoms with E-state index in [-0.39, 0.29) is 23.8 Å². The highest BCUT2D eigenvalue weighted by atomic mass is 16.5. The zero-order valence-electron chi connectivity index (χ0n) is 19.3. The summed E-state index contributed by atoms with van der Waals surface area (Å²) in [6.07, 6.45) is 5.24. The molecule has 33 heavy (non-hydrogen) atoms. The third kappa shape index (κ3) is 4.64. The number of aryl methyl sites for hydroxylation is 1. The van der Waals surface area contributed by atoms with E-state index in [1.165, 1.54) is 5.56 Å². The molecule has 0 radical (unpaired) electrons. The van der Waals surface area contributed by atoms with Crippen molar-refractivity contribution in [3.05, 3.63) is 53.0 Å². The second-order valence-corrected chi connectivity index (χ2v) is 9.35. The van der Waals surface area contributed by atoms with Gasteiger partial charge in [0.2, 0.25) is 5.91 Å². The van der Waals surface area contributed by atoms with Gasteiger partial charge in [-0.15, -0.1) is 0 Å². The van der Waals surface area contributed by atoms with Crippen molar-refractivity contribution in [2.24, 2.45) is 0 Å². The molecule has 7 nitrogen and oxygen atoms in total. The highest BCUT2D eigenvalue weighted by Gasteiger charge is 2.33. The number of piperidine rings is 1. The highest BCUT2D eigenvalue weighted by molar-refractivity contribution is 5.95. The molecule has 174 valence electrons. The lowest BCUT2D eigenvalue weighted by molar-refractivity contribution is -0.142. The minimum Gasteiger partial charge on any atom is -0.368 e. The fourth-order valence-electron chi connectivity index (χ4n) is 5.24. The summed E-state index contributed by atoms with van der Waals surface area (Å²) in [6.45, 7) is 4.76. The summed E-state index contributed by atoms with van der Waals surface area (Å²) in [5, 5.41) is 0. The van der Waals surface area contributed by atoms with E-state index in [1.54, 1.807) is 0 Å². The van der Waals surface area contributed by atoms with Gasteiger partial charge in [-0.2, -0.15) is 0 Å². The number of amides is 2. The smallest absolute Gasteiger partial charge is 0.251 e. The van der Waals surface area contributed by atoms with Gasteiger partial charge < -0.3 is 9.64 Å². The van der Waals surface area contributed by atoms with Gasteiger partial charge in [0.15, 0.2) is 0 Å². The standard InChI is InChI=1S/C26H32N4O3/c1-18-21-9-10-23(31)30(16-11-19-6-3-2-4-7-19)25(21)28-24(27-18)20-12-14-29(15-13-20)26(32)22-8-5-17-33-22/h2-4,6-7,20,22H,5,8-17H2,1H3/t22-/m0/s1. The third-order valence-corrected chi connectivity index (χ3v) is 7.20. The average Bonchev–Trinajstić information content (AvgIpc) is 3.39. The van der Waals surface area contributed by atoms with Gasteiger partial charge in [0, 0.05) is 49.8 Å². The van der Waals surface area contributed by atoms with Crippen molar-refractivity contribution in [1.29, 1.82) is 0 Å². The van der Waals surface area contributed by atoms with Crippen molar-refractivity contribution in [3.63, 3.8) is 0 Å². The number of carbonyl (C=O) groups excluding carboxylic acids is 2. The first-order valence-electron chi connectivity index (χ1n) is 12.2. The zero-order chi connectivity index (χ0) is 22.8. The van der Waals surface area contributed by atoms with E-state index >= 15 is 0 Å². The number of carbonyl (C=O) groups is 2. The number of anilines is 1. The van der Waals surface area contributed by atoms with Crippen LogP contribution in [0.1, 0.15) is 60.7 Å². The molecule has 0 spiro atoms. The molecule has 1 aromatic heterocycles. The summed E-state index contributed by atoms with van der Waals surface area (Å²) in [5.41, 5.74) is 3.29. The van der Waals surface area contributed by atoms with Crippen LogP contribution in [0.25, 0.3) is 0 Å². The largest absolute Gasteiger partial charge is 0.368 e. The molecule has 0 unspecified atom stereocenters. The number of nitrogens with zero attached hydrogens (tertiary/aromatic N) is 4.